The van der Waals surface area contributed by atoms with E-state index < -0.39 is 0 Å². The molecule has 0 saturated heterocycles. The normalized spacial score (nSPS) is 10.9. The minimum absolute atomic E-state index is 0.135. The average molecular weight is 111 g/mol. The molecule has 2 nitrogen and oxygen atoms in total. The minimum atomic E-state index is -0.135. The molecule has 0 heterocycles. The van der Waals surface area contributed by atoms with Crippen LogP contribution < -0.4 is 0 Å². The summed E-state index contributed by atoms with van der Waals surface area (Å²) in [7, 11) is 0. The Labute approximate surface area is 49.1 Å². The fourth-order valence-electron chi connectivity index (χ4n) is 0.392. The second kappa shape index (κ2) is 4.35. The number of hydrogen-bond acceptors (Lipinski definition) is 2. The van der Waals surface area contributed by atoms with E-state index >= 15 is 0 Å². The molecule has 0 bridgehead atoms. The van der Waals surface area contributed by atoms with Gasteiger partial charge in [0.2, 0.25) is 0 Å². The largest absolute Gasteiger partial charge is 0.391 e. The molecule has 0 radical (unpaired) electrons. The number of allylic oxidation sites excluding steroid dienone is 1. The molecular weight excluding hydrogens is 102 g/mol. The Hall–Kier alpha value is -0.810. The molecule has 0 amide bonds. The Kier molecular flexibility index (Phi) is 3.91. The van der Waals surface area contributed by atoms with Gasteiger partial charge in [0.15, 0.2) is 0 Å². The van der Waals surface area contributed by atoms with Gasteiger partial charge in [-0.3, -0.25) is 0 Å². The van der Waals surface area contributed by atoms with E-state index in [0.717, 1.165) is 6.42 Å². The quantitative estimate of drug-likeness (QED) is 0.536. The van der Waals surface area contributed by atoms with Crippen molar-refractivity contribution < 1.29 is 5.11 Å². The summed E-state index contributed by atoms with van der Waals surface area (Å²) in [6.07, 6.45) is 2.52. The molecule has 44 valence electrons. The van der Waals surface area contributed by atoms with Crippen molar-refractivity contribution in [3.8, 4) is 6.07 Å². The van der Waals surface area contributed by atoms with Crippen molar-refractivity contribution in [1.29, 1.82) is 5.26 Å². The van der Waals surface area contributed by atoms with Crippen molar-refractivity contribution in [3.05, 3.63) is 11.6 Å². The SMILES string of the molecule is CC/C=C(\C#N)CO. The lowest BCUT2D eigenvalue weighted by Crippen LogP contribution is -1.84. The minimum Gasteiger partial charge on any atom is -0.391 e. The monoisotopic (exact) mass is 111 g/mol. The van der Waals surface area contributed by atoms with Gasteiger partial charge in [-0.1, -0.05) is 13.0 Å². The third-order valence-corrected chi connectivity index (χ3v) is 0.764. The summed E-state index contributed by atoms with van der Waals surface area (Å²) in [5.41, 5.74) is 0.451. The van der Waals surface area contributed by atoms with Crippen molar-refractivity contribution in [2.45, 2.75) is 13.3 Å². The molecule has 0 aromatic carbocycles. The Morgan fingerprint density at radius 2 is 2.50 bits per heavy atom. The molecule has 0 saturated carbocycles. The maximum absolute atomic E-state index is 8.37. The van der Waals surface area contributed by atoms with E-state index in [0.29, 0.717) is 5.57 Å². The fourth-order valence-corrected chi connectivity index (χ4v) is 0.392. The maximum Gasteiger partial charge on any atom is 0.0968 e. The lowest BCUT2D eigenvalue weighted by Gasteiger charge is -1.84. The van der Waals surface area contributed by atoms with Crippen LogP contribution in [0.25, 0.3) is 0 Å². The van der Waals surface area contributed by atoms with E-state index in [4.69, 9.17) is 10.4 Å². The van der Waals surface area contributed by atoms with Gasteiger partial charge in [-0.25, -0.2) is 0 Å². The predicted molar refractivity (Wildman–Crippen MR) is 31.1 cm³/mol. The van der Waals surface area contributed by atoms with E-state index in [1.54, 1.807) is 6.08 Å². The molecule has 0 aliphatic rings. The smallest absolute Gasteiger partial charge is 0.0968 e. The highest BCUT2D eigenvalue weighted by Crippen LogP contribution is 1.90. The van der Waals surface area contributed by atoms with E-state index in [1.165, 1.54) is 0 Å². The van der Waals surface area contributed by atoms with Crippen LogP contribution in [0, 0.1) is 11.3 Å². The van der Waals surface area contributed by atoms with Crippen LogP contribution in [0.15, 0.2) is 11.6 Å². The van der Waals surface area contributed by atoms with Gasteiger partial charge in [0.25, 0.3) is 0 Å². The predicted octanol–water partition coefficient (Wildman–Crippen LogP) is 0.839. The Bertz CT molecular complexity index is 121. The highest BCUT2D eigenvalue weighted by atomic mass is 16.3. The van der Waals surface area contributed by atoms with Crippen LogP contribution in [0.5, 0.6) is 0 Å². The third kappa shape index (κ3) is 2.38. The number of nitriles is 1. The molecule has 0 spiro atoms. The second-order valence-corrected chi connectivity index (χ2v) is 1.41. The van der Waals surface area contributed by atoms with Gasteiger partial charge >= 0.3 is 0 Å². The third-order valence-electron chi connectivity index (χ3n) is 0.764. The van der Waals surface area contributed by atoms with Crippen molar-refractivity contribution in [1.82, 2.24) is 0 Å². The first-order valence-electron chi connectivity index (χ1n) is 2.55. The lowest BCUT2D eigenvalue weighted by molar-refractivity contribution is 0.335. The second-order valence-electron chi connectivity index (χ2n) is 1.41. The van der Waals surface area contributed by atoms with Gasteiger partial charge < -0.3 is 5.11 Å². The summed E-state index contributed by atoms with van der Waals surface area (Å²) in [6.45, 7) is 1.79. The fraction of sp³-hybridized carbons (Fsp3) is 0.500. The Morgan fingerprint density at radius 3 is 2.62 bits per heavy atom. The first kappa shape index (κ1) is 7.19. The van der Waals surface area contributed by atoms with Gasteiger partial charge in [-0.05, 0) is 6.42 Å². The van der Waals surface area contributed by atoms with Crippen LogP contribution in [0.3, 0.4) is 0 Å². The van der Waals surface area contributed by atoms with E-state index in [1.807, 2.05) is 13.0 Å². The summed E-state index contributed by atoms with van der Waals surface area (Å²) in [5.74, 6) is 0. The molecule has 0 atom stereocenters. The van der Waals surface area contributed by atoms with E-state index in [2.05, 4.69) is 0 Å². The first-order valence-corrected chi connectivity index (χ1v) is 2.55. The number of rotatable bonds is 2. The van der Waals surface area contributed by atoms with Crippen LogP contribution in [0.4, 0.5) is 0 Å². The zero-order valence-corrected chi connectivity index (χ0v) is 4.89. The van der Waals surface area contributed by atoms with Crippen LogP contribution in [-0.4, -0.2) is 11.7 Å². The van der Waals surface area contributed by atoms with Gasteiger partial charge in [-0.15, -0.1) is 0 Å². The standard InChI is InChI=1S/C6H9NO/c1-2-3-6(4-7)5-8/h3,8H,2,5H2,1H3/b6-3+. The van der Waals surface area contributed by atoms with Crippen LogP contribution in [-0.2, 0) is 0 Å². The van der Waals surface area contributed by atoms with Crippen molar-refractivity contribution >= 4 is 0 Å². The van der Waals surface area contributed by atoms with Crippen molar-refractivity contribution in [2.75, 3.05) is 6.61 Å². The molecule has 8 heavy (non-hydrogen) atoms. The van der Waals surface area contributed by atoms with Gasteiger partial charge in [-0.2, -0.15) is 5.26 Å². The molecular formula is C6H9NO. The average Bonchev–Trinajstić information content (AvgIpc) is 1.83. The zero-order valence-electron chi connectivity index (χ0n) is 4.89. The molecule has 2 heteroatoms. The number of hydrogen-bond donors (Lipinski definition) is 1. The summed E-state index contributed by atoms with van der Waals surface area (Å²) >= 11 is 0. The lowest BCUT2D eigenvalue weighted by atomic mass is 10.2. The molecule has 0 unspecified atom stereocenters. The first-order chi connectivity index (χ1) is 3.85. The Morgan fingerprint density at radius 1 is 1.88 bits per heavy atom. The van der Waals surface area contributed by atoms with Gasteiger partial charge in [0.1, 0.15) is 0 Å². The molecule has 0 aromatic rings. The van der Waals surface area contributed by atoms with Crippen molar-refractivity contribution in [3.63, 3.8) is 0 Å². The Balaban J connectivity index is 3.72. The molecule has 0 aromatic heterocycles. The summed E-state index contributed by atoms with van der Waals surface area (Å²) in [4.78, 5) is 0. The van der Waals surface area contributed by atoms with Crippen LogP contribution in [0.2, 0.25) is 0 Å². The molecule has 1 N–H and O–H groups in total. The topological polar surface area (TPSA) is 44.0 Å². The van der Waals surface area contributed by atoms with E-state index in [9.17, 15) is 0 Å². The van der Waals surface area contributed by atoms with Gasteiger partial charge in [0.05, 0.1) is 18.2 Å². The molecule has 0 fully saturated rings. The number of nitrogens with zero attached hydrogens (tertiary/aromatic N) is 1. The molecule has 0 aliphatic carbocycles. The van der Waals surface area contributed by atoms with Gasteiger partial charge in [0, 0.05) is 0 Å². The summed E-state index contributed by atoms with van der Waals surface area (Å²) in [6, 6.07) is 1.86. The number of aliphatic hydroxyl groups is 1. The highest BCUT2D eigenvalue weighted by molar-refractivity contribution is 5.20. The van der Waals surface area contributed by atoms with Crippen LogP contribution in [0.1, 0.15) is 13.3 Å². The van der Waals surface area contributed by atoms with Crippen molar-refractivity contribution in [2.24, 2.45) is 0 Å². The summed E-state index contributed by atoms with van der Waals surface area (Å²) in [5, 5.41) is 16.5. The molecule has 0 rings (SSSR count). The maximum atomic E-state index is 8.37. The summed E-state index contributed by atoms with van der Waals surface area (Å²) < 4.78 is 0. The molecule has 0 aliphatic heterocycles. The number of aliphatic hydroxyl groups excluding tert-OH is 1. The van der Waals surface area contributed by atoms with E-state index in [-0.39, 0.29) is 6.61 Å². The zero-order chi connectivity index (χ0) is 6.41. The van der Waals surface area contributed by atoms with Crippen LogP contribution >= 0.6 is 0 Å². The highest BCUT2D eigenvalue weighted by Gasteiger charge is 1.86.